The van der Waals surface area contributed by atoms with Gasteiger partial charge in [0, 0.05) is 12.6 Å². The average molecular weight is 232 g/mol. The summed E-state index contributed by atoms with van der Waals surface area (Å²) in [4.78, 5) is 0. The first-order valence-electron chi connectivity index (χ1n) is 5.62. The highest BCUT2D eigenvalue weighted by atomic mass is 16.5. The van der Waals surface area contributed by atoms with Crippen LogP contribution in [0, 0.1) is 5.92 Å². The Hall–Kier alpha value is -1.91. The summed E-state index contributed by atoms with van der Waals surface area (Å²) in [6.07, 6.45) is 0. The van der Waals surface area contributed by atoms with Crippen molar-refractivity contribution in [1.29, 1.82) is 0 Å². The number of ether oxygens (including phenoxy) is 1. The third-order valence-corrected chi connectivity index (χ3v) is 2.32. The van der Waals surface area contributed by atoms with E-state index in [1.807, 2.05) is 31.3 Å². The second kappa shape index (κ2) is 4.95. The molecule has 0 spiro atoms. The van der Waals surface area contributed by atoms with E-state index < -0.39 is 0 Å². The standard InChI is InChI=1S/C12H16N4O/c1-9(2)8-17-11-6-4-10(5-7-11)12-13-14-15-16(12)3/h4-7,9H,8H2,1-3H3. The molecular formula is C12H16N4O. The Morgan fingerprint density at radius 1 is 1.24 bits per heavy atom. The van der Waals surface area contributed by atoms with Crippen molar-refractivity contribution in [3.63, 3.8) is 0 Å². The molecule has 0 saturated carbocycles. The highest BCUT2D eigenvalue weighted by Crippen LogP contribution is 2.19. The van der Waals surface area contributed by atoms with Crippen molar-refractivity contribution in [3.8, 4) is 17.1 Å². The molecule has 0 atom stereocenters. The van der Waals surface area contributed by atoms with Gasteiger partial charge in [-0.1, -0.05) is 13.8 Å². The highest BCUT2D eigenvalue weighted by Gasteiger charge is 2.05. The molecule has 0 aliphatic carbocycles. The lowest BCUT2D eigenvalue weighted by molar-refractivity contribution is 0.271. The van der Waals surface area contributed by atoms with Crippen molar-refractivity contribution in [2.24, 2.45) is 13.0 Å². The second-order valence-corrected chi connectivity index (χ2v) is 4.36. The Balaban J connectivity index is 2.11. The van der Waals surface area contributed by atoms with Crippen molar-refractivity contribution in [2.75, 3.05) is 6.61 Å². The number of aryl methyl sites for hydroxylation is 1. The minimum Gasteiger partial charge on any atom is -0.493 e. The fraction of sp³-hybridized carbons (Fsp3) is 0.417. The van der Waals surface area contributed by atoms with E-state index in [-0.39, 0.29) is 0 Å². The molecule has 5 nitrogen and oxygen atoms in total. The van der Waals surface area contributed by atoms with Gasteiger partial charge in [-0.2, -0.15) is 0 Å². The van der Waals surface area contributed by atoms with Gasteiger partial charge in [-0.15, -0.1) is 5.10 Å². The zero-order valence-corrected chi connectivity index (χ0v) is 10.3. The van der Waals surface area contributed by atoms with Crippen LogP contribution in [0.15, 0.2) is 24.3 Å². The van der Waals surface area contributed by atoms with Crippen molar-refractivity contribution < 1.29 is 4.74 Å². The first-order valence-corrected chi connectivity index (χ1v) is 5.62. The van der Waals surface area contributed by atoms with E-state index in [0.717, 1.165) is 23.7 Å². The van der Waals surface area contributed by atoms with E-state index in [1.54, 1.807) is 4.68 Å². The summed E-state index contributed by atoms with van der Waals surface area (Å²) in [6.45, 7) is 4.98. The third-order valence-electron chi connectivity index (χ3n) is 2.32. The maximum absolute atomic E-state index is 5.61. The molecule has 90 valence electrons. The fourth-order valence-electron chi connectivity index (χ4n) is 1.44. The molecule has 1 aromatic carbocycles. The zero-order chi connectivity index (χ0) is 12.3. The van der Waals surface area contributed by atoms with E-state index in [0.29, 0.717) is 5.92 Å². The normalized spacial score (nSPS) is 10.8. The molecule has 0 N–H and O–H groups in total. The van der Waals surface area contributed by atoms with Gasteiger partial charge in [-0.25, -0.2) is 4.68 Å². The molecule has 0 radical (unpaired) electrons. The van der Waals surface area contributed by atoms with Crippen LogP contribution in [0.5, 0.6) is 5.75 Å². The summed E-state index contributed by atoms with van der Waals surface area (Å²) >= 11 is 0. The van der Waals surface area contributed by atoms with Crippen molar-refractivity contribution in [3.05, 3.63) is 24.3 Å². The monoisotopic (exact) mass is 232 g/mol. The molecule has 0 saturated heterocycles. The number of hydrogen-bond acceptors (Lipinski definition) is 4. The van der Waals surface area contributed by atoms with Gasteiger partial charge in [0.05, 0.1) is 6.61 Å². The molecule has 5 heteroatoms. The van der Waals surface area contributed by atoms with Crippen LogP contribution in [0.3, 0.4) is 0 Å². The Morgan fingerprint density at radius 3 is 2.47 bits per heavy atom. The quantitative estimate of drug-likeness (QED) is 0.808. The molecular weight excluding hydrogens is 216 g/mol. The highest BCUT2D eigenvalue weighted by molar-refractivity contribution is 5.55. The Bertz CT molecular complexity index is 476. The van der Waals surface area contributed by atoms with Crippen LogP contribution in [-0.4, -0.2) is 26.8 Å². The van der Waals surface area contributed by atoms with E-state index in [2.05, 4.69) is 29.4 Å². The van der Waals surface area contributed by atoms with Crippen LogP contribution in [0.1, 0.15) is 13.8 Å². The van der Waals surface area contributed by atoms with Crippen LogP contribution in [0.2, 0.25) is 0 Å². The van der Waals surface area contributed by atoms with Gasteiger partial charge < -0.3 is 4.74 Å². The predicted molar refractivity (Wildman–Crippen MR) is 64.6 cm³/mol. The first kappa shape index (κ1) is 11.6. The maximum atomic E-state index is 5.61. The van der Waals surface area contributed by atoms with Gasteiger partial charge in [0.25, 0.3) is 0 Å². The van der Waals surface area contributed by atoms with E-state index in [9.17, 15) is 0 Å². The first-order chi connectivity index (χ1) is 8.16. The van der Waals surface area contributed by atoms with Gasteiger partial charge >= 0.3 is 0 Å². The van der Waals surface area contributed by atoms with Crippen LogP contribution >= 0.6 is 0 Å². The van der Waals surface area contributed by atoms with E-state index in [4.69, 9.17) is 4.74 Å². The van der Waals surface area contributed by atoms with Gasteiger partial charge in [-0.05, 0) is 40.6 Å². The number of rotatable bonds is 4. The molecule has 2 aromatic rings. The summed E-state index contributed by atoms with van der Waals surface area (Å²) in [6, 6.07) is 7.79. The van der Waals surface area contributed by atoms with Crippen LogP contribution in [-0.2, 0) is 7.05 Å². The minimum atomic E-state index is 0.526. The lowest BCUT2D eigenvalue weighted by Gasteiger charge is -2.08. The smallest absolute Gasteiger partial charge is 0.181 e. The van der Waals surface area contributed by atoms with Gasteiger partial charge in [0.2, 0.25) is 0 Å². The Kier molecular flexibility index (Phi) is 3.37. The number of benzene rings is 1. The average Bonchev–Trinajstić information content (AvgIpc) is 2.73. The fourth-order valence-corrected chi connectivity index (χ4v) is 1.44. The van der Waals surface area contributed by atoms with Crippen LogP contribution in [0.4, 0.5) is 0 Å². The second-order valence-electron chi connectivity index (χ2n) is 4.36. The summed E-state index contributed by atoms with van der Waals surface area (Å²) in [5.41, 5.74) is 0.981. The van der Waals surface area contributed by atoms with E-state index in [1.165, 1.54) is 0 Å². The molecule has 0 aliphatic rings. The molecule has 0 amide bonds. The van der Waals surface area contributed by atoms with Gasteiger partial charge in [0.1, 0.15) is 5.75 Å². The van der Waals surface area contributed by atoms with Crippen molar-refractivity contribution in [1.82, 2.24) is 20.2 Å². The lowest BCUT2D eigenvalue weighted by atomic mass is 10.2. The predicted octanol–water partition coefficient (Wildman–Crippen LogP) is 1.91. The number of hydrogen-bond donors (Lipinski definition) is 0. The molecule has 0 unspecified atom stereocenters. The molecule has 1 heterocycles. The topological polar surface area (TPSA) is 52.8 Å². The van der Waals surface area contributed by atoms with Crippen molar-refractivity contribution in [2.45, 2.75) is 13.8 Å². The largest absolute Gasteiger partial charge is 0.493 e. The van der Waals surface area contributed by atoms with Gasteiger partial charge in [-0.3, -0.25) is 0 Å². The molecule has 1 aromatic heterocycles. The Labute approximate surface area is 100 Å². The number of tetrazole rings is 1. The molecule has 17 heavy (non-hydrogen) atoms. The third kappa shape index (κ3) is 2.81. The molecule has 2 rings (SSSR count). The minimum absolute atomic E-state index is 0.526. The number of aromatic nitrogens is 4. The lowest BCUT2D eigenvalue weighted by Crippen LogP contribution is -2.04. The SMILES string of the molecule is CC(C)COc1ccc(-c2nnnn2C)cc1. The number of nitrogens with zero attached hydrogens (tertiary/aromatic N) is 4. The molecule has 0 bridgehead atoms. The maximum Gasteiger partial charge on any atom is 0.181 e. The van der Waals surface area contributed by atoms with E-state index >= 15 is 0 Å². The van der Waals surface area contributed by atoms with Crippen LogP contribution < -0.4 is 4.74 Å². The molecule has 0 aliphatic heterocycles. The summed E-state index contributed by atoms with van der Waals surface area (Å²) in [5.74, 6) is 2.15. The van der Waals surface area contributed by atoms with Gasteiger partial charge in [0.15, 0.2) is 5.82 Å². The Morgan fingerprint density at radius 2 is 1.94 bits per heavy atom. The zero-order valence-electron chi connectivity index (χ0n) is 10.3. The van der Waals surface area contributed by atoms with Crippen LogP contribution in [0.25, 0.3) is 11.4 Å². The molecule has 0 fully saturated rings. The summed E-state index contributed by atoms with van der Waals surface area (Å²) in [5, 5.41) is 11.4. The van der Waals surface area contributed by atoms with Crippen molar-refractivity contribution >= 4 is 0 Å². The summed E-state index contributed by atoms with van der Waals surface area (Å²) in [7, 11) is 1.82. The summed E-state index contributed by atoms with van der Waals surface area (Å²) < 4.78 is 7.25.